The van der Waals surface area contributed by atoms with Gasteiger partial charge in [-0.1, -0.05) is 47.6 Å². The Morgan fingerprint density at radius 1 is 0.968 bits per heavy atom. The number of rotatable bonds is 6. The van der Waals surface area contributed by atoms with Gasteiger partial charge in [0.1, 0.15) is 17.5 Å². The average molecular weight is 424 g/mol. The number of benzene rings is 3. The van der Waals surface area contributed by atoms with Crippen molar-refractivity contribution in [2.45, 2.75) is 19.1 Å². The lowest BCUT2D eigenvalue weighted by Gasteiger charge is -2.25. The van der Waals surface area contributed by atoms with Crippen LogP contribution < -0.4 is 0 Å². The Labute approximate surface area is 177 Å². The highest BCUT2D eigenvalue weighted by Crippen LogP contribution is 2.21. The van der Waals surface area contributed by atoms with E-state index >= 15 is 0 Å². The minimum absolute atomic E-state index is 0.0593. The number of hydrogen-bond donors (Lipinski definition) is 0. The quantitative estimate of drug-likeness (QED) is 0.563. The van der Waals surface area contributed by atoms with Crippen LogP contribution in [0, 0.1) is 17.5 Å². The summed E-state index contributed by atoms with van der Waals surface area (Å²) in [5, 5.41) is 4.02. The zero-order valence-electron chi connectivity index (χ0n) is 16.5. The third-order valence-corrected chi connectivity index (χ3v) is 5.03. The van der Waals surface area contributed by atoms with Crippen LogP contribution in [0.15, 0.2) is 78.0 Å². The lowest BCUT2D eigenvalue weighted by Crippen LogP contribution is -2.38. The van der Waals surface area contributed by atoms with E-state index in [1.807, 2.05) is 0 Å². The molecule has 4 nitrogen and oxygen atoms in total. The van der Waals surface area contributed by atoms with E-state index in [4.69, 9.17) is 4.84 Å². The molecule has 0 aliphatic carbocycles. The van der Waals surface area contributed by atoms with Crippen LogP contribution in [0.25, 0.3) is 0 Å². The molecule has 0 aromatic heterocycles. The second kappa shape index (κ2) is 9.04. The second-order valence-electron chi connectivity index (χ2n) is 7.24. The Kier molecular flexibility index (Phi) is 6.02. The molecule has 1 atom stereocenters. The zero-order valence-corrected chi connectivity index (χ0v) is 16.5. The van der Waals surface area contributed by atoms with Crippen molar-refractivity contribution in [1.82, 2.24) is 4.90 Å². The minimum atomic E-state index is -0.657. The van der Waals surface area contributed by atoms with Gasteiger partial charge in [-0.25, -0.2) is 13.2 Å². The number of carbonyl (C=O) groups is 1. The molecule has 3 aromatic carbocycles. The van der Waals surface area contributed by atoms with E-state index in [2.05, 4.69) is 5.16 Å². The van der Waals surface area contributed by atoms with E-state index < -0.39 is 23.6 Å². The highest BCUT2D eigenvalue weighted by molar-refractivity contribution is 6.01. The number of oxime groups is 1. The van der Waals surface area contributed by atoms with Crippen molar-refractivity contribution in [2.24, 2.45) is 5.16 Å². The van der Waals surface area contributed by atoms with Gasteiger partial charge in [-0.3, -0.25) is 4.79 Å². The fraction of sp³-hybridized carbons (Fsp3) is 0.167. The third kappa shape index (κ3) is 4.77. The SMILES string of the molecule is O=C(c1ccccc1F)N(Cc1ccccc1F)C[C@H]1CC(c2cccc(F)c2)=NO1. The molecule has 7 heteroatoms. The van der Waals surface area contributed by atoms with Crippen molar-refractivity contribution >= 4 is 11.6 Å². The van der Waals surface area contributed by atoms with Crippen LogP contribution in [-0.4, -0.2) is 29.2 Å². The molecule has 0 fully saturated rings. The smallest absolute Gasteiger partial charge is 0.257 e. The summed E-state index contributed by atoms with van der Waals surface area (Å²) in [5.41, 5.74) is 1.33. The van der Waals surface area contributed by atoms with Gasteiger partial charge in [0.2, 0.25) is 0 Å². The molecule has 1 heterocycles. The summed E-state index contributed by atoms with van der Waals surface area (Å²) in [7, 11) is 0. The van der Waals surface area contributed by atoms with Crippen molar-refractivity contribution in [3.05, 3.63) is 107 Å². The van der Waals surface area contributed by atoms with E-state index in [9.17, 15) is 18.0 Å². The molecule has 0 N–H and O–H groups in total. The van der Waals surface area contributed by atoms with Crippen LogP contribution in [0.5, 0.6) is 0 Å². The maximum atomic E-state index is 14.2. The van der Waals surface area contributed by atoms with Crippen molar-refractivity contribution in [2.75, 3.05) is 6.54 Å². The molecule has 1 aliphatic rings. The maximum Gasteiger partial charge on any atom is 0.257 e. The third-order valence-electron chi connectivity index (χ3n) is 5.03. The fourth-order valence-electron chi connectivity index (χ4n) is 3.47. The Balaban J connectivity index is 1.54. The molecular formula is C24H19F3N2O2. The minimum Gasteiger partial charge on any atom is -0.390 e. The molecule has 31 heavy (non-hydrogen) atoms. The Morgan fingerprint density at radius 3 is 2.45 bits per heavy atom. The van der Waals surface area contributed by atoms with Crippen LogP contribution in [-0.2, 0) is 11.4 Å². The fourth-order valence-corrected chi connectivity index (χ4v) is 3.47. The highest BCUT2D eigenvalue weighted by atomic mass is 19.1. The maximum absolute atomic E-state index is 14.2. The van der Waals surface area contributed by atoms with Gasteiger partial charge in [0.25, 0.3) is 5.91 Å². The van der Waals surface area contributed by atoms with Gasteiger partial charge in [-0.15, -0.1) is 0 Å². The highest BCUT2D eigenvalue weighted by Gasteiger charge is 2.29. The monoisotopic (exact) mass is 424 g/mol. The van der Waals surface area contributed by atoms with Crippen LogP contribution in [0.3, 0.4) is 0 Å². The topological polar surface area (TPSA) is 41.9 Å². The van der Waals surface area contributed by atoms with Gasteiger partial charge in [-0.05, 0) is 30.3 Å². The van der Waals surface area contributed by atoms with E-state index in [0.29, 0.717) is 23.3 Å². The molecule has 0 bridgehead atoms. The normalized spacial score (nSPS) is 15.3. The number of carbonyl (C=O) groups excluding carboxylic acids is 1. The van der Waals surface area contributed by atoms with Gasteiger partial charge in [0, 0.05) is 24.1 Å². The summed E-state index contributed by atoms with van der Waals surface area (Å²) < 4.78 is 42.0. The molecule has 1 amide bonds. The lowest BCUT2D eigenvalue weighted by molar-refractivity contribution is 0.0400. The molecule has 0 unspecified atom stereocenters. The summed E-state index contributed by atoms with van der Waals surface area (Å²) in [6, 6.07) is 17.7. The van der Waals surface area contributed by atoms with Gasteiger partial charge < -0.3 is 9.74 Å². The lowest BCUT2D eigenvalue weighted by atomic mass is 10.0. The molecule has 0 spiro atoms. The van der Waals surface area contributed by atoms with E-state index in [1.54, 1.807) is 36.4 Å². The van der Waals surface area contributed by atoms with Crippen molar-refractivity contribution in [3.8, 4) is 0 Å². The van der Waals surface area contributed by atoms with Crippen molar-refractivity contribution < 1.29 is 22.8 Å². The first kappa shape index (κ1) is 20.7. The zero-order chi connectivity index (χ0) is 21.8. The Morgan fingerprint density at radius 2 is 1.71 bits per heavy atom. The molecule has 3 aromatic rings. The Bertz CT molecular complexity index is 1130. The molecular weight excluding hydrogens is 405 g/mol. The van der Waals surface area contributed by atoms with Crippen molar-refractivity contribution in [3.63, 3.8) is 0 Å². The van der Waals surface area contributed by atoms with E-state index in [1.165, 1.54) is 41.3 Å². The molecule has 158 valence electrons. The largest absolute Gasteiger partial charge is 0.390 e. The summed E-state index contributed by atoms with van der Waals surface area (Å²) in [5.74, 6) is -2.09. The van der Waals surface area contributed by atoms with Crippen LogP contribution in [0.4, 0.5) is 13.2 Å². The van der Waals surface area contributed by atoms with Gasteiger partial charge >= 0.3 is 0 Å². The first-order chi connectivity index (χ1) is 15.0. The summed E-state index contributed by atoms with van der Waals surface area (Å²) in [4.78, 5) is 19.9. The van der Waals surface area contributed by atoms with Gasteiger partial charge in [0.05, 0.1) is 17.8 Å². The molecule has 1 aliphatic heterocycles. The van der Waals surface area contributed by atoms with E-state index in [-0.39, 0.29) is 24.5 Å². The number of amides is 1. The molecule has 0 saturated heterocycles. The van der Waals surface area contributed by atoms with E-state index in [0.717, 1.165) is 0 Å². The van der Waals surface area contributed by atoms with Crippen molar-refractivity contribution in [1.29, 1.82) is 0 Å². The predicted molar refractivity (Wildman–Crippen MR) is 110 cm³/mol. The molecule has 0 saturated carbocycles. The summed E-state index contributed by atoms with van der Waals surface area (Å²) in [6.07, 6.45) is -0.192. The average Bonchev–Trinajstić information content (AvgIpc) is 3.23. The van der Waals surface area contributed by atoms with Crippen LogP contribution in [0.1, 0.15) is 27.9 Å². The van der Waals surface area contributed by atoms with Gasteiger partial charge in [0.15, 0.2) is 6.10 Å². The molecule has 4 rings (SSSR count). The first-order valence-corrected chi connectivity index (χ1v) is 9.77. The number of halogens is 3. The summed E-state index contributed by atoms with van der Waals surface area (Å²) in [6.45, 7) is -0.00117. The van der Waals surface area contributed by atoms with Gasteiger partial charge in [-0.2, -0.15) is 0 Å². The standard InChI is InChI=1S/C24H19F3N2O2/c25-18-8-5-7-16(12-18)23-13-19(31-28-23)15-29(14-17-6-1-3-10-21(17)26)24(30)20-9-2-4-11-22(20)27/h1-12,19H,13-15H2/t19-/m1/s1. The number of nitrogens with zero attached hydrogens (tertiary/aromatic N) is 2. The number of hydrogen-bond acceptors (Lipinski definition) is 3. The molecule has 0 radical (unpaired) electrons. The Hall–Kier alpha value is -3.61. The van der Waals surface area contributed by atoms with Crippen LogP contribution in [0.2, 0.25) is 0 Å². The second-order valence-corrected chi connectivity index (χ2v) is 7.24. The summed E-state index contributed by atoms with van der Waals surface area (Å²) >= 11 is 0. The predicted octanol–water partition coefficient (Wildman–Crippen LogP) is 4.94. The first-order valence-electron chi connectivity index (χ1n) is 9.77. The van der Waals surface area contributed by atoms with Crippen LogP contribution >= 0.6 is 0 Å².